The maximum atomic E-state index is 12.3. The Morgan fingerprint density at radius 2 is 1.37 bits per heavy atom. The second-order valence-corrected chi connectivity index (χ2v) is 7.08. The van der Waals surface area contributed by atoms with E-state index in [1.807, 2.05) is 78.9 Å². The molecule has 30 heavy (non-hydrogen) atoms. The first kappa shape index (κ1) is 19.5. The standard InChI is InChI=1S/C25H21NO4/c27-24(30-17-18-8-2-1-3-9-18)16-26(25(28)29)15-23-21-12-6-4-10-19(21)14-20-11-5-7-13-22(20)23/h1-14H,15-17H2,(H,28,29). The Bertz CT molecular complexity index is 1150. The van der Waals surface area contributed by atoms with Gasteiger partial charge in [-0.25, -0.2) is 4.79 Å². The highest BCUT2D eigenvalue weighted by atomic mass is 16.5. The maximum Gasteiger partial charge on any atom is 0.408 e. The van der Waals surface area contributed by atoms with Crippen LogP contribution in [0.2, 0.25) is 0 Å². The highest BCUT2D eigenvalue weighted by Gasteiger charge is 2.20. The molecule has 0 aromatic heterocycles. The van der Waals surface area contributed by atoms with Crippen LogP contribution >= 0.6 is 0 Å². The van der Waals surface area contributed by atoms with Crippen molar-refractivity contribution in [2.75, 3.05) is 6.54 Å². The number of carboxylic acid groups (broad SMARTS) is 1. The van der Waals surface area contributed by atoms with Crippen LogP contribution in [-0.4, -0.2) is 28.6 Å². The minimum absolute atomic E-state index is 0.0949. The van der Waals surface area contributed by atoms with Gasteiger partial charge in [0.2, 0.25) is 0 Å². The number of carbonyl (C=O) groups is 2. The summed E-state index contributed by atoms with van der Waals surface area (Å²) in [6.45, 7) is -0.123. The largest absolute Gasteiger partial charge is 0.465 e. The van der Waals surface area contributed by atoms with Gasteiger partial charge >= 0.3 is 12.1 Å². The first-order chi connectivity index (χ1) is 14.6. The molecule has 0 saturated carbocycles. The van der Waals surface area contributed by atoms with Crippen molar-refractivity contribution in [2.24, 2.45) is 0 Å². The summed E-state index contributed by atoms with van der Waals surface area (Å²) in [7, 11) is 0. The molecule has 0 saturated heterocycles. The van der Waals surface area contributed by atoms with Crippen LogP contribution in [0.3, 0.4) is 0 Å². The highest BCUT2D eigenvalue weighted by Crippen LogP contribution is 2.29. The Morgan fingerprint density at radius 1 is 0.800 bits per heavy atom. The van der Waals surface area contributed by atoms with E-state index < -0.39 is 12.1 Å². The van der Waals surface area contributed by atoms with E-state index >= 15 is 0 Å². The molecule has 5 nitrogen and oxygen atoms in total. The number of hydrogen-bond acceptors (Lipinski definition) is 3. The van der Waals surface area contributed by atoms with E-state index in [9.17, 15) is 14.7 Å². The number of ether oxygens (including phenoxy) is 1. The zero-order valence-corrected chi connectivity index (χ0v) is 16.3. The van der Waals surface area contributed by atoms with Gasteiger partial charge in [-0.05, 0) is 38.7 Å². The summed E-state index contributed by atoms with van der Waals surface area (Å²) >= 11 is 0. The quantitative estimate of drug-likeness (QED) is 0.357. The van der Waals surface area contributed by atoms with E-state index in [2.05, 4.69) is 6.07 Å². The molecule has 4 aromatic rings. The fourth-order valence-electron chi connectivity index (χ4n) is 3.60. The van der Waals surface area contributed by atoms with Crippen molar-refractivity contribution in [1.29, 1.82) is 0 Å². The summed E-state index contributed by atoms with van der Waals surface area (Å²) in [5.41, 5.74) is 1.73. The van der Waals surface area contributed by atoms with Crippen molar-refractivity contribution in [2.45, 2.75) is 13.2 Å². The molecule has 4 rings (SSSR count). The Labute approximate surface area is 174 Å². The van der Waals surface area contributed by atoms with Crippen LogP contribution in [0.15, 0.2) is 84.9 Å². The van der Waals surface area contributed by atoms with Crippen LogP contribution in [0.25, 0.3) is 21.5 Å². The van der Waals surface area contributed by atoms with Gasteiger partial charge < -0.3 is 9.84 Å². The molecule has 1 amide bonds. The maximum absolute atomic E-state index is 12.3. The topological polar surface area (TPSA) is 66.8 Å². The lowest BCUT2D eigenvalue weighted by Gasteiger charge is -2.21. The minimum atomic E-state index is -1.16. The summed E-state index contributed by atoms with van der Waals surface area (Å²) in [5.74, 6) is -0.578. The molecule has 0 bridgehead atoms. The van der Waals surface area contributed by atoms with Gasteiger partial charge in [0.05, 0.1) is 6.54 Å². The van der Waals surface area contributed by atoms with Crippen molar-refractivity contribution in [1.82, 2.24) is 4.90 Å². The van der Waals surface area contributed by atoms with Gasteiger partial charge in [0, 0.05) is 0 Å². The zero-order valence-electron chi connectivity index (χ0n) is 16.3. The summed E-state index contributed by atoms with van der Waals surface area (Å²) in [6.07, 6.45) is -1.16. The molecule has 0 aliphatic rings. The normalized spacial score (nSPS) is 10.8. The molecule has 0 fully saturated rings. The zero-order chi connectivity index (χ0) is 20.9. The Morgan fingerprint density at radius 3 is 1.97 bits per heavy atom. The van der Waals surface area contributed by atoms with Crippen LogP contribution < -0.4 is 0 Å². The van der Waals surface area contributed by atoms with Crippen LogP contribution in [-0.2, 0) is 22.7 Å². The predicted molar refractivity (Wildman–Crippen MR) is 116 cm³/mol. The van der Waals surface area contributed by atoms with Gasteiger partial charge in [0.25, 0.3) is 0 Å². The fraction of sp³-hybridized carbons (Fsp3) is 0.120. The number of hydrogen-bond donors (Lipinski definition) is 1. The van der Waals surface area contributed by atoms with Crippen molar-refractivity contribution in [3.63, 3.8) is 0 Å². The molecule has 0 radical (unpaired) electrons. The predicted octanol–water partition coefficient (Wildman–Crippen LogP) is 5.22. The van der Waals surface area contributed by atoms with Crippen molar-refractivity contribution < 1.29 is 19.4 Å². The number of fused-ring (bicyclic) bond motifs is 2. The molecule has 0 aliphatic heterocycles. The van der Waals surface area contributed by atoms with Gasteiger partial charge in [-0.2, -0.15) is 0 Å². The van der Waals surface area contributed by atoms with Crippen molar-refractivity contribution >= 4 is 33.6 Å². The highest BCUT2D eigenvalue weighted by molar-refractivity contribution is 6.02. The van der Waals surface area contributed by atoms with E-state index in [0.29, 0.717) is 0 Å². The van der Waals surface area contributed by atoms with E-state index in [4.69, 9.17) is 4.74 Å². The molecule has 150 valence electrons. The molecule has 4 aromatic carbocycles. The lowest BCUT2D eigenvalue weighted by molar-refractivity contribution is -0.146. The SMILES string of the molecule is O=C(CN(Cc1c2ccccc2cc2ccccc12)C(=O)O)OCc1ccccc1. The van der Waals surface area contributed by atoms with Gasteiger partial charge in [-0.3, -0.25) is 9.69 Å². The third-order valence-electron chi connectivity index (χ3n) is 5.06. The second kappa shape index (κ2) is 8.66. The van der Waals surface area contributed by atoms with Gasteiger partial charge in [-0.15, -0.1) is 0 Å². The molecule has 0 atom stereocenters. The van der Waals surface area contributed by atoms with Gasteiger partial charge in [0.15, 0.2) is 0 Å². The van der Waals surface area contributed by atoms with Crippen LogP contribution in [0.4, 0.5) is 4.79 Å². The van der Waals surface area contributed by atoms with E-state index in [1.54, 1.807) is 0 Å². The minimum Gasteiger partial charge on any atom is -0.465 e. The smallest absolute Gasteiger partial charge is 0.408 e. The molecular formula is C25H21NO4. The van der Waals surface area contributed by atoms with Gasteiger partial charge in [-0.1, -0.05) is 78.9 Å². The third kappa shape index (κ3) is 4.25. The summed E-state index contributed by atoms with van der Waals surface area (Å²) in [6, 6.07) is 27.1. The van der Waals surface area contributed by atoms with Crippen LogP contribution in [0.5, 0.6) is 0 Å². The van der Waals surface area contributed by atoms with Crippen molar-refractivity contribution in [3.8, 4) is 0 Å². The van der Waals surface area contributed by atoms with E-state index in [-0.39, 0.29) is 19.7 Å². The molecule has 0 heterocycles. The van der Waals surface area contributed by atoms with Gasteiger partial charge in [0.1, 0.15) is 13.2 Å². The monoisotopic (exact) mass is 399 g/mol. The number of carbonyl (C=O) groups excluding carboxylic acids is 1. The molecule has 0 spiro atoms. The number of rotatable bonds is 6. The third-order valence-corrected chi connectivity index (χ3v) is 5.06. The number of benzene rings is 4. The summed E-state index contributed by atoms with van der Waals surface area (Å²) in [4.78, 5) is 25.3. The van der Waals surface area contributed by atoms with Crippen LogP contribution in [0.1, 0.15) is 11.1 Å². The average molecular weight is 399 g/mol. The number of esters is 1. The second-order valence-electron chi connectivity index (χ2n) is 7.08. The first-order valence-corrected chi connectivity index (χ1v) is 9.68. The lowest BCUT2D eigenvalue weighted by Crippen LogP contribution is -2.35. The fourth-order valence-corrected chi connectivity index (χ4v) is 3.60. The first-order valence-electron chi connectivity index (χ1n) is 9.68. The number of amides is 1. The lowest BCUT2D eigenvalue weighted by atomic mass is 9.96. The average Bonchev–Trinajstić information content (AvgIpc) is 2.77. The Balaban J connectivity index is 1.59. The molecule has 1 N–H and O–H groups in total. The Hall–Kier alpha value is -3.86. The number of nitrogens with zero attached hydrogens (tertiary/aromatic N) is 1. The van der Waals surface area contributed by atoms with Crippen LogP contribution in [0, 0.1) is 0 Å². The Kier molecular flexibility index (Phi) is 5.61. The molecule has 0 aliphatic carbocycles. The van der Waals surface area contributed by atoms with Crippen molar-refractivity contribution in [3.05, 3.63) is 96.1 Å². The van der Waals surface area contributed by atoms with E-state index in [0.717, 1.165) is 37.6 Å². The summed E-state index contributed by atoms with van der Waals surface area (Å²) < 4.78 is 5.28. The molecular weight excluding hydrogens is 378 g/mol. The molecule has 5 heteroatoms. The molecule has 0 unspecified atom stereocenters. The summed E-state index contributed by atoms with van der Waals surface area (Å²) in [5, 5.41) is 13.7. The van der Waals surface area contributed by atoms with E-state index in [1.165, 1.54) is 0 Å².